The van der Waals surface area contributed by atoms with Crippen molar-refractivity contribution < 1.29 is 9.90 Å². The number of aliphatic hydroxyl groups is 1. The number of nitrogens with zero attached hydrogens (tertiary/aromatic N) is 1. The number of rotatable bonds is 5. The van der Waals surface area contributed by atoms with Crippen LogP contribution in [0.4, 0.5) is 0 Å². The summed E-state index contributed by atoms with van der Waals surface area (Å²) in [6.45, 7) is 3.97. The molecule has 0 spiro atoms. The summed E-state index contributed by atoms with van der Waals surface area (Å²) in [7, 11) is 0. The first-order valence-corrected chi connectivity index (χ1v) is 8.90. The van der Waals surface area contributed by atoms with E-state index in [0.29, 0.717) is 12.1 Å². The molecule has 1 aliphatic heterocycles. The van der Waals surface area contributed by atoms with E-state index in [0.717, 1.165) is 43.8 Å². The smallest absolute Gasteiger partial charge is 0.249 e. The monoisotopic (exact) mass is 336 g/mol. The predicted octanol–water partition coefficient (Wildman–Crippen LogP) is 2.75. The Kier molecular flexibility index (Phi) is 5.24. The van der Waals surface area contributed by atoms with Gasteiger partial charge in [0.15, 0.2) is 0 Å². The summed E-state index contributed by atoms with van der Waals surface area (Å²) in [5.74, 6) is -0.120. The molecule has 0 aromatic heterocycles. The molecular weight excluding hydrogens is 312 g/mol. The molecule has 5 heteroatoms. The zero-order chi connectivity index (χ0) is 16.4. The zero-order valence-electron chi connectivity index (χ0n) is 13.5. The van der Waals surface area contributed by atoms with E-state index in [-0.39, 0.29) is 11.8 Å². The molecule has 2 N–H and O–H groups in total. The molecule has 2 aliphatic rings. The molecule has 1 aromatic rings. The first-order valence-electron chi connectivity index (χ1n) is 8.52. The van der Waals surface area contributed by atoms with Crippen LogP contribution in [0.2, 0.25) is 5.02 Å². The van der Waals surface area contributed by atoms with Crippen molar-refractivity contribution in [3.8, 4) is 0 Å². The highest BCUT2D eigenvalue weighted by molar-refractivity contribution is 6.30. The molecule has 2 atom stereocenters. The second kappa shape index (κ2) is 7.20. The van der Waals surface area contributed by atoms with Crippen molar-refractivity contribution in [2.75, 3.05) is 13.1 Å². The number of benzene rings is 1. The zero-order valence-corrected chi connectivity index (χ0v) is 14.3. The van der Waals surface area contributed by atoms with Gasteiger partial charge in [0.25, 0.3) is 0 Å². The van der Waals surface area contributed by atoms with Gasteiger partial charge in [0.05, 0.1) is 0 Å². The van der Waals surface area contributed by atoms with Gasteiger partial charge in [-0.25, -0.2) is 0 Å². The molecule has 3 rings (SSSR count). The Morgan fingerprint density at radius 2 is 2.00 bits per heavy atom. The fourth-order valence-electron chi connectivity index (χ4n) is 3.33. The molecule has 1 saturated heterocycles. The summed E-state index contributed by atoms with van der Waals surface area (Å²) in [4.78, 5) is 14.4. The Balaban J connectivity index is 1.52. The summed E-state index contributed by atoms with van der Waals surface area (Å²) in [5, 5.41) is 13.9. The average Bonchev–Trinajstić information content (AvgIpc) is 3.37. The van der Waals surface area contributed by atoms with Crippen molar-refractivity contribution in [1.82, 2.24) is 10.2 Å². The fraction of sp³-hybridized carbons (Fsp3) is 0.611. The SMILES string of the molecule is C[C@@H](c1cccc(Cl)c1)N1CCC([C@@H](O)C(=O)NC2CC2)CC1. The van der Waals surface area contributed by atoms with Crippen molar-refractivity contribution in [2.24, 2.45) is 5.92 Å². The van der Waals surface area contributed by atoms with Crippen molar-refractivity contribution in [3.05, 3.63) is 34.9 Å². The molecular formula is C18H25ClN2O2. The summed E-state index contributed by atoms with van der Waals surface area (Å²) in [6.07, 6.45) is 2.94. The van der Waals surface area contributed by atoms with Gasteiger partial charge < -0.3 is 10.4 Å². The van der Waals surface area contributed by atoms with Gasteiger partial charge >= 0.3 is 0 Å². The minimum Gasteiger partial charge on any atom is -0.383 e. The Labute approximate surface area is 142 Å². The number of halogens is 1. The molecule has 1 heterocycles. The van der Waals surface area contributed by atoms with E-state index < -0.39 is 6.10 Å². The van der Waals surface area contributed by atoms with E-state index >= 15 is 0 Å². The minimum absolute atomic E-state index is 0.0663. The third kappa shape index (κ3) is 4.25. The van der Waals surface area contributed by atoms with Gasteiger partial charge in [0.1, 0.15) is 6.10 Å². The van der Waals surface area contributed by atoms with E-state index in [4.69, 9.17) is 11.6 Å². The molecule has 0 bridgehead atoms. The molecule has 126 valence electrons. The van der Waals surface area contributed by atoms with Crippen LogP contribution in [0.25, 0.3) is 0 Å². The second-order valence-corrected chi connectivity index (χ2v) is 7.27. The van der Waals surface area contributed by atoms with Crippen LogP contribution in [0.3, 0.4) is 0 Å². The Morgan fingerprint density at radius 3 is 2.61 bits per heavy atom. The second-order valence-electron chi connectivity index (χ2n) is 6.83. The molecule has 0 radical (unpaired) electrons. The maximum absolute atomic E-state index is 12.0. The van der Waals surface area contributed by atoms with Crippen LogP contribution >= 0.6 is 11.6 Å². The quantitative estimate of drug-likeness (QED) is 0.869. The maximum Gasteiger partial charge on any atom is 0.249 e. The van der Waals surface area contributed by atoms with Gasteiger partial charge in [-0.2, -0.15) is 0 Å². The number of hydrogen-bond acceptors (Lipinski definition) is 3. The lowest BCUT2D eigenvalue weighted by Gasteiger charge is -2.37. The van der Waals surface area contributed by atoms with Gasteiger partial charge in [-0.3, -0.25) is 9.69 Å². The topological polar surface area (TPSA) is 52.6 Å². The molecule has 2 fully saturated rings. The number of amides is 1. The third-order valence-electron chi connectivity index (χ3n) is 5.09. The largest absolute Gasteiger partial charge is 0.383 e. The van der Waals surface area contributed by atoms with Gasteiger partial charge in [0, 0.05) is 17.1 Å². The Morgan fingerprint density at radius 1 is 1.30 bits per heavy atom. The molecule has 1 saturated carbocycles. The van der Waals surface area contributed by atoms with Gasteiger partial charge in [-0.05, 0) is 69.3 Å². The number of likely N-dealkylation sites (tertiary alicyclic amines) is 1. The van der Waals surface area contributed by atoms with Crippen molar-refractivity contribution in [1.29, 1.82) is 0 Å². The molecule has 1 aromatic carbocycles. The highest BCUT2D eigenvalue weighted by atomic mass is 35.5. The molecule has 4 nitrogen and oxygen atoms in total. The Hall–Kier alpha value is -1.10. The fourth-order valence-corrected chi connectivity index (χ4v) is 3.53. The number of hydrogen-bond donors (Lipinski definition) is 2. The molecule has 1 aliphatic carbocycles. The Bertz CT molecular complexity index is 554. The van der Waals surface area contributed by atoms with Crippen molar-refractivity contribution in [2.45, 2.75) is 50.8 Å². The number of piperidine rings is 1. The van der Waals surface area contributed by atoms with Crippen LogP contribution in [0.1, 0.15) is 44.2 Å². The number of aliphatic hydroxyl groups excluding tert-OH is 1. The van der Waals surface area contributed by atoms with Crippen LogP contribution in [-0.2, 0) is 4.79 Å². The molecule has 1 amide bonds. The highest BCUT2D eigenvalue weighted by Crippen LogP contribution is 2.29. The standard InChI is InChI=1S/C18H25ClN2O2/c1-12(14-3-2-4-15(19)11-14)21-9-7-13(8-10-21)17(22)18(23)20-16-5-6-16/h2-4,11-13,16-17,22H,5-10H2,1H3,(H,20,23)/t12-,17+/m0/s1. The first-order chi connectivity index (χ1) is 11.0. The van der Waals surface area contributed by atoms with E-state index in [2.05, 4.69) is 23.2 Å². The third-order valence-corrected chi connectivity index (χ3v) is 5.33. The molecule has 23 heavy (non-hydrogen) atoms. The van der Waals surface area contributed by atoms with Crippen LogP contribution in [0.5, 0.6) is 0 Å². The van der Waals surface area contributed by atoms with E-state index in [9.17, 15) is 9.90 Å². The number of carbonyl (C=O) groups is 1. The maximum atomic E-state index is 12.0. The van der Waals surface area contributed by atoms with Crippen LogP contribution < -0.4 is 5.32 Å². The van der Waals surface area contributed by atoms with Gasteiger partial charge in [-0.15, -0.1) is 0 Å². The number of carbonyl (C=O) groups excluding carboxylic acids is 1. The van der Waals surface area contributed by atoms with E-state index in [1.807, 2.05) is 18.2 Å². The van der Waals surface area contributed by atoms with Crippen molar-refractivity contribution in [3.63, 3.8) is 0 Å². The van der Waals surface area contributed by atoms with Crippen LogP contribution in [-0.4, -0.2) is 41.1 Å². The minimum atomic E-state index is -0.862. The van der Waals surface area contributed by atoms with Crippen LogP contribution in [0.15, 0.2) is 24.3 Å². The summed E-state index contributed by atoms with van der Waals surface area (Å²) >= 11 is 6.08. The lowest BCUT2D eigenvalue weighted by atomic mass is 9.89. The van der Waals surface area contributed by atoms with Gasteiger partial charge in [0.2, 0.25) is 5.91 Å². The summed E-state index contributed by atoms with van der Waals surface area (Å²) < 4.78 is 0. The van der Waals surface area contributed by atoms with E-state index in [1.54, 1.807) is 0 Å². The van der Waals surface area contributed by atoms with Crippen LogP contribution in [0, 0.1) is 5.92 Å². The first kappa shape index (κ1) is 16.7. The predicted molar refractivity (Wildman–Crippen MR) is 91.3 cm³/mol. The van der Waals surface area contributed by atoms with Crippen molar-refractivity contribution >= 4 is 17.5 Å². The number of nitrogens with one attached hydrogen (secondary N) is 1. The van der Waals surface area contributed by atoms with Gasteiger partial charge in [-0.1, -0.05) is 23.7 Å². The average molecular weight is 337 g/mol. The lowest BCUT2D eigenvalue weighted by Crippen LogP contribution is -2.45. The normalized spacial score (nSPS) is 22.6. The lowest BCUT2D eigenvalue weighted by molar-refractivity contribution is -0.133. The molecule has 0 unspecified atom stereocenters. The summed E-state index contributed by atoms with van der Waals surface area (Å²) in [5.41, 5.74) is 1.21. The summed E-state index contributed by atoms with van der Waals surface area (Å²) in [6, 6.07) is 8.58. The highest BCUT2D eigenvalue weighted by Gasteiger charge is 2.33. The van der Waals surface area contributed by atoms with E-state index in [1.165, 1.54) is 5.56 Å².